The minimum absolute atomic E-state index is 0.116. The maximum atomic E-state index is 12.5. The maximum Gasteiger partial charge on any atom is 0.407 e. The number of hydrogen-bond donors (Lipinski definition) is 3. The van der Waals surface area contributed by atoms with E-state index in [0.717, 1.165) is 11.1 Å². The first-order valence-electron chi connectivity index (χ1n) is 9.74. The van der Waals surface area contributed by atoms with Crippen LogP contribution in [0.15, 0.2) is 72.8 Å². The highest BCUT2D eigenvalue weighted by molar-refractivity contribution is 5.96. The first-order chi connectivity index (χ1) is 15.5. The number of ether oxygens (including phenoxy) is 3. The summed E-state index contributed by atoms with van der Waals surface area (Å²) < 4.78 is 15.8. The van der Waals surface area contributed by atoms with Crippen molar-refractivity contribution in [3.05, 3.63) is 95.1 Å². The second kappa shape index (κ2) is 10.6. The first kappa shape index (κ1) is 22.4. The first-order valence-corrected chi connectivity index (χ1v) is 9.74. The third kappa shape index (κ3) is 6.09. The highest BCUT2D eigenvalue weighted by atomic mass is 16.6. The Bertz CT molecular complexity index is 1100. The van der Waals surface area contributed by atoms with Crippen LogP contribution in [-0.2, 0) is 17.9 Å². The molecule has 3 aromatic carbocycles. The normalized spacial score (nSPS) is 10.2. The largest absolute Gasteiger partial charge is 0.493 e. The fraction of sp³-hybridized carbons (Fsp3) is 0.125. The van der Waals surface area contributed by atoms with E-state index in [1.54, 1.807) is 30.3 Å². The van der Waals surface area contributed by atoms with Crippen LogP contribution in [0.4, 0.5) is 4.79 Å². The van der Waals surface area contributed by atoms with E-state index in [2.05, 4.69) is 5.32 Å². The van der Waals surface area contributed by atoms with E-state index in [-0.39, 0.29) is 24.7 Å². The Labute approximate surface area is 185 Å². The number of nitrogen functional groups attached to an aromatic ring is 1. The average Bonchev–Trinajstić information content (AvgIpc) is 2.82. The van der Waals surface area contributed by atoms with Crippen molar-refractivity contribution < 1.29 is 23.8 Å². The molecule has 0 aliphatic rings. The lowest BCUT2D eigenvalue weighted by Gasteiger charge is -2.11. The molecule has 3 aromatic rings. The van der Waals surface area contributed by atoms with Gasteiger partial charge >= 0.3 is 12.1 Å². The zero-order valence-electron chi connectivity index (χ0n) is 17.5. The molecule has 32 heavy (non-hydrogen) atoms. The van der Waals surface area contributed by atoms with Gasteiger partial charge in [0.2, 0.25) is 0 Å². The number of amides is 1. The number of amidine groups is 1. The molecular formula is C24H23N3O5. The fourth-order valence-corrected chi connectivity index (χ4v) is 2.79. The van der Waals surface area contributed by atoms with Crippen molar-refractivity contribution in [3.8, 4) is 11.5 Å². The van der Waals surface area contributed by atoms with Crippen LogP contribution in [0.5, 0.6) is 11.5 Å². The molecule has 0 radical (unpaired) electrons. The lowest BCUT2D eigenvalue weighted by Crippen LogP contribution is -2.23. The Hall–Kier alpha value is -4.33. The molecule has 0 fully saturated rings. The van der Waals surface area contributed by atoms with E-state index >= 15 is 0 Å². The summed E-state index contributed by atoms with van der Waals surface area (Å²) >= 11 is 0. The molecule has 8 heteroatoms. The SMILES string of the molecule is COc1cc(C(=N)N)ccc1OC(=O)c1ccc(CNC(=O)OCc2ccccc2)cc1. The molecule has 0 saturated heterocycles. The standard InChI is InChI=1S/C24H23N3O5/c1-30-21-13-19(22(25)26)11-12-20(21)32-23(28)18-9-7-16(8-10-18)14-27-24(29)31-15-17-5-3-2-4-6-17/h2-13H,14-15H2,1H3,(H3,25,26)(H,27,29). The predicted octanol–water partition coefficient (Wildman–Crippen LogP) is 3.62. The van der Waals surface area contributed by atoms with Crippen LogP contribution in [0, 0.1) is 5.41 Å². The minimum atomic E-state index is -0.569. The quantitative estimate of drug-likeness (QED) is 0.216. The Morgan fingerprint density at radius 2 is 1.59 bits per heavy atom. The fourth-order valence-electron chi connectivity index (χ4n) is 2.79. The number of alkyl carbamates (subject to hydrolysis) is 1. The summed E-state index contributed by atoms with van der Waals surface area (Å²) in [6.45, 7) is 0.442. The van der Waals surface area contributed by atoms with E-state index in [1.165, 1.54) is 19.2 Å². The highest BCUT2D eigenvalue weighted by Gasteiger charge is 2.14. The van der Waals surface area contributed by atoms with Gasteiger partial charge in [0.05, 0.1) is 12.7 Å². The van der Waals surface area contributed by atoms with Gasteiger partial charge in [-0.05, 0) is 41.5 Å². The summed E-state index contributed by atoms with van der Waals surface area (Å²) in [4.78, 5) is 24.3. The summed E-state index contributed by atoms with van der Waals surface area (Å²) in [6.07, 6.45) is -0.529. The number of rotatable bonds is 8. The monoisotopic (exact) mass is 433 g/mol. The van der Waals surface area contributed by atoms with Crippen molar-refractivity contribution in [1.82, 2.24) is 5.32 Å². The number of methoxy groups -OCH3 is 1. The number of carbonyl (C=O) groups excluding carboxylic acids is 2. The summed E-state index contributed by atoms with van der Waals surface area (Å²) in [5.74, 6) is -0.176. The summed E-state index contributed by atoms with van der Waals surface area (Å²) in [6, 6.07) is 20.6. The molecule has 4 N–H and O–H groups in total. The Balaban J connectivity index is 1.53. The van der Waals surface area contributed by atoms with Gasteiger partial charge in [0.25, 0.3) is 0 Å². The third-order valence-corrected chi connectivity index (χ3v) is 4.52. The molecule has 0 bridgehead atoms. The lowest BCUT2D eigenvalue weighted by molar-refractivity contribution is 0.0729. The third-order valence-electron chi connectivity index (χ3n) is 4.52. The van der Waals surface area contributed by atoms with Crippen molar-refractivity contribution in [2.75, 3.05) is 7.11 Å². The van der Waals surface area contributed by atoms with E-state index < -0.39 is 12.1 Å². The van der Waals surface area contributed by atoms with Crippen LogP contribution in [0.2, 0.25) is 0 Å². The zero-order valence-corrected chi connectivity index (χ0v) is 17.5. The van der Waals surface area contributed by atoms with Gasteiger partial charge in [-0.25, -0.2) is 9.59 Å². The van der Waals surface area contributed by atoms with Gasteiger partial charge in [-0.3, -0.25) is 5.41 Å². The second-order valence-corrected chi connectivity index (χ2v) is 6.78. The van der Waals surface area contributed by atoms with Crippen molar-refractivity contribution in [2.24, 2.45) is 5.73 Å². The maximum absolute atomic E-state index is 12.5. The van der Waals surface area contributed by atoms with E-state index in [0.29, 0.717) is 16.9 Å². The average molecular weight is 433 g/mol. The smallest absolute Gasteiger partial charge is 0.407 e. The number of esters is 1. The summed E-state index contributed by atoms with van der Waals surface area (Å²) in [5, 5.41) is 10.1. The molecule has 0 heterocycles. The Morgan fingerprint density at radius 1 is 0.906 bits per heavy atom. The molecular weight excluding hydrogens is 410 g/mol. The zero-order chi connectivity index (χ0) is 22.9. The molecule has 8 nitrogen and oxygen atoms in total. The predicted molar refractivity (Wildman–Crippen MR) is 119 cm³/mol. The number of nitrogens with one attached hydrogen (secondary N) is 2. The van der Waals surface area contributed by atoms with Crippen LogP contribution < -0.4 is 20.5 Å². The van der Waals surface area contributed by atoms with Crippen LogP contribution in [0.3, 0.4) is 0 Å². The minimum Gasteiger partial charge on any atom is -0.493 e. The summed E-state index contributed by atoms with van der Waals surface area (Å²) in [7, 11) is 1.43. The van der Waals surface area contributed by atoms with Gasteiger partial charge in [0, 0.05) is 12.1 Å². The van der Waals surface area contributed by atoms with Gasteiger partial charge in [-0.1, -0.05) is 42.5 Å². The molecule has 0 aromatic heterocycles. The molecule has 0 atom stereocenters. The van der Waals surface area contributed by atoms with Crippen molar-refractivity contribution >= 4 is 17.9 Å². The van der Waals surface area contributed by atoms with E-state index in [9.17, 15) is 9.59 Å². The Morgan fingerprint density at radius 3 is 2.25 bits per heavy atom. The summed E-state index contributed by atoms with van der Waals surface area (Å²) in [5.41, 5.74) is 7.95. The molecule has 0 aliphatic heterocycles. The highest BCUT2D eigenvalue weighted by Crippen LogP contribution is 2.28. The van der Waals surface area contributed by atoms with Gasteiger partial charge in [-0.2, -0.15) is 0 Å². The van der Waals surface area contributed by atoms with E-state index in [1.807, 2.05) is 30.3 Å². The van der Waals surface area contributed by atoms with Gasteiger partial charge in [-0.15, -0.1) is 0 Å². The molecule has 3 rings (SSSR count). The number of benzene rings is 3. The van der Waals surface area contributed by atoms with Crippen LogP contribution in [-0.4, -0.2) is 25.0 Å². The Kier molecular flexibility index (Phi) is 7.42. The van der Waals surface area contributed by atoms with E-state index in [4.69, 9.17) is 25.4 Å². The van der Waals surface area contributed by atoms with Crippen LogP contribution >= 0.6 is 0 Å². The van der Waals surface area contributed by atoms with Gasteiger partial charge < -0.3 is 25.3 Å². The van der Waals surface area contributed by atoms with Crippen LogP contribution in [0.25, 0.3) is 0 Å². The molecule has 0 saturated carbocycles. The molecule has 1 amide bonds. The number of hydrogen-bond acceptors (Lipinski definition) is 6. The van der Waals surface area contributed by atoms with Crippen molar-refractivity contribution in [2.45, 2.75) is 13.2 Å². The molecule has 0 spiro atoms. The topological polar surface area (TPSA) is 124 Å². The molecule has 0 aliphatic carbocycles. The molecule has 0 unspecified atom stereocenters. The van der Waals surface area contributed by atoms with Gasteiger partial charge in [0.1, 0.15) is 12.4 Å². The molecule has 164 valence electrons. The van der Waals surface area contributed by atoms with Gasteiger partial charge in [0.15, 0.2) is 11.5 Å². The second-order valence-electron chi connectivity index (χ2n) is 6.78. The van der Waals surface area contributed by atoms with Crippen molar-refractivity contribution in [3.63, 3.8) is 0 Å². The van der Waals surface area contributed by atoms with Crippen molar-refractivity contribution in [1.29, 1.82) is 5.41 Å². The lowest BCUT2D eigenvalue weighted by atomic mass is 10.1. The number of nitrogens with two attached hydrogens (primary N) is 1. The number of carbonyl (C=O) groups is 2. The van der Waals surface area contributed by atoms with Crippen LogP contribution in [0.1, 0.15) is 27.0 Å².